The predicted octanol–water partition coefficient (Wildman–Crippen LogP) is -0.0343. The molecule has 1 atom stereocenters. The average Bonchev–Trinajstić information content (AvgIpc) is 2.45. The molecule has 0 aromatic heterocycles. The zero-order chi connectivity index (χ0) is 15.2. The van der Waals surface area contributed by atoms with Crippen LogP contribution in [0.4, 0.5) is 0 Å². The number of carbonyl (C=O) groups excluding carboxylic acids is 1. The van der Waals surface area contributed by atoms with Crippen LogP contribution in [0.25, 0.3) is 0 Å². The van der Waals surface area contributed by atoms with Gasteiger partial charge in [-0.15, -0.1) is 0 Å². The molecule has 118 valence electrons. The van der Waals surface area contributed by atoms with Gasteiger partial charge in [0.25, 0.3) is 0 Å². The molecule has 20 heavy (non-hydrogen) atoms. The van der Waals surface area contributed by atoms with Crippen molar-refractivity contribution in [1.29, 1.82) is 0 Å². The third kappa shape index (κ3) is 5.01. The molecule has 6 nitrogen and oxygen atoms in total. The van der Waals surface area contributed by atoms with E-state index < -0.39 is 6.04 Å². The summed E-state index contributed by atoms with van der Waals surface area (Å²) in [5.74, 6) is -0.160. The minimum Gasteiger partial charge on any atom is -0.383 e. The molecule has 6 heteroatoms. The molecular formula is C14H29N3O3. The summed E-state index contributed by atoms with van der Waals surface area (Å²) >= 11 is 0. The highest BCUT2D eigenvalue weighted by atomic mass is 16.5. The molecule has 1 fully saturated rings. The van der Waals surface area contributed by atoms with E-state index in [1.807, 2.05) is 0 Å². The van der Waals surface area contributed by atoms with Crippen molar-refractivity contribution in [1.82, 2.24) is 10.2 Å². The minimum absolute atomic E-state index is 0.0822. The van der Waals surface area contributed by atoms with Gasteiger partial charge in [-0.3, -0.25) is 9.69 Å². The Kier molecular flexibility index (Phi) is 6.88. The molecule has 0 aromatic rings. The van der Waals surface area contributed by atoms with E-state index in [-0.39, 0.29) is 18.1 Å². The number of methoxy groups -OCH3 is 2. The third-order valence-electron chi connectivity index (χ3n) is 4.01. The van der Waals surface area contributed by atoms with E-state index in [0.717, 1.165) is 25.9 Å². The van der Waals surface area contributed by atoms with Crippen LogP contribution in [0.5, 0.6) is 0 Å². The second-order valence-corrected chi connectivity index (χ2v) is 6.01. The van der Waals surface area contributed by atoms with Gasteiger partial charge in [0.2, 0.25) is 5.91 Å². The first-order valence-electron chi connectivity index (χ1n) is 7.20. The van der Waals surface area contributed by atoms with Crippen LogP contribution in [0.1, 0.15) is 26.7 Å². The number of ether oxygens (including phenoxy) is 2. The van der Waals surface area contributed by atoms with Crippen molar-refractivity contribution in [3.05, 3.63) is 0 Å². The molecule has 1 aliphatic rings. The van der Waals surface area contributed by atoms with Gasteiger partial charge in [-0.2, -0.15) is 0 Å². The van der Waals surface area contributed by atoms with Gasteiger partial charge in [-0.25, -0.2) is 0 Å². The zero-order valence-corrected chi connectivity index (χ0v) is 13.1. The molecule has 1 aliphatic heterocycles. The molecule has 1 saturated heterocycles. The van der Waals surface area contributed by atoms with Crippen molar-refractivity contribution in [2.75, 3.05) is 40.5 Å². The molecular weight excluding hydrogens is 258 g/mol. The van der Waals surface area contributed by atoms with E-state index >= 15 is 0 Å². The maximum absolute atomic E-state index is 11.8. The molecule has 0 radical (unpaired) electrons. The molecule has 0 bridgehead atoms. The first-order valence-corrected chi connectivity index (χ1v) is 7.20. The SMILES string of the molecule is COCC(N)C(=O)NCC(C)(C)N1CCC(OC)CC1. The van der Waals surface area contributed by atoms with Crippen LogP contribution in [0.2, 0.25) is 0 Å². The number of amides is 1. The van der Waals surface area contributed by atoms with Crippen LogP contribution >= 0.6 is 0 Å². The third-order valence-corrected chi connectivity index (χ3v) is 4.01. The molecule has 3 N–H and O–H groups in total. The Hall–Kier alpha value is -0.690. The smallest absolute Gasteiger partial charge is 0.239 e. The van der Waals surface area contributed by atoms with Crippen molar-refractivity contribution in [3.63, 3.8) is 0 Å². The van der Waals surface area contributed by atoms with Gasteiger partial charge in [-0.05, 0) is 26.7 Å². The van der Waals surface area contributed by atoms with Gasteiger partial charge in [0.05, 0.1) is 12.7 Å². The van der Waals surface area contributed by atoms with Crippen LogP contribution in [0.15, 0.2) is 0 Å². The fourth-order valence-corrected chi connectivity index (χ4v) is 2.50. The second-order valence-electron chi connectivity index (χ2n) is 6.01. The van der Waals surface area contributed by atoms with Crippen molar-refractivity contribution in [2.24, 2.45) is 5.73 Å². The van der Waals surface area contributed by atoms with Crippen LogP contribution in [0, 0.1) is 0 Å². The second kappa shape index (κ2) is 7.93. The van der Waals surface area contributed by atoms with Gasteiger partial charge in [0.1, 0.15) is 6.04 Å². The Morgan fingerprint density at radius 1 is 1.40 bits per heavy atom. The van der Waals surface area contributed by atoms with Gasteiger partial charge in [0.15, 0.2) is 0 Å². The highest BCUT2D eigenvalue weighted by Gasteiger charge is 2.31. The molecule has 1 unspecified atom stereocenters. The number of rotatable bonds is 7. The number of hydrogen-bond donors (Lipinski definition) is 2. The van der Waals surface area contributed by atoms with Crippen LogP contribution in [-0.2, 0) is 14.3 Å². The molecule has 1 heterocycles. The Morgan fingerprint density at radius 3 is 2.50 bits per heavy atom. The Labute approximate surface area is 122 Å². The number of piperidine rings is 1. The molecule has 0 aliphatic carbocycles. The van der Waals surface area contributed by atoms with Crippen molar-refractivity contribution in [3.8, 4) is 0 Å². The van der Waals surface area contributed by atoms with E-state index in [9.17, 15) is 4.79 Å². The molecule has 0 spiro atoms. The normalized spacial score (nSPS) is 19.9. The maximum Gasteiger partial charge on any atom is 0.239 e. The Bertz CT molecular complexity index is 302. The van der Waals surface area contributed by atoms with E-state index in [2.05, 4.69) is 24.1 Å². The molecule has 0 saturated carbocycles. The van der Waals surface area contributed by atoms with E-state index in [0.29, 0.717) is 12.6 Å². The molecule has 1 rings (SSSR count). The number of nitrogens with two attached hydrogens (primary N) is 1. The van der Waals surface area contributed by atoms with Crippen molar-refractivity contribution in [2.45, 2.75) is 44.4 Å². The van der Waals surface area contributed by atoms with E-state index in [4.69, 9.17) is 15.2 Å². The summed E-state index contributed by atoms with van der Waals surface area (Å²) in [5.41, 5.74) is 5.62. The van der Waals surface area contributed by atoms with Crippen molar-refractivity contribution < 1.29 is 14.3 Å². The maximum atomic E-state index is 11.8. The van der Waals surface area contributed by atoms with Gasteiger partial charge >= 0.3 is 0 Å². The predicted molar refractivity (Wildman–Crippen MR) is 78.5 cm³/mol. The van der Waals surface area contributed by atoms with Gasteiger partial charge in [0, 0.05) is 39.4 Å². The fraction of sp³-hybridized carbons (Fsp3) is 0.929. The van der Waals surface area contributed by atoms with Crippen LogP contribution < -0.4 is 11.1 Å². The highest BCUT2D eigenvalue weighted by molar-refractivity contribution is 5.81. The van der Waals surface area contributed by atoms with Crippen LogP contribution in [-0.4, -0.2) is 69.0 Å². The van der Waals surface area contributed by atoms with E-state index in [1.165, 1.54) is 7.11 Å². The summed E-state index contributed by atoms with van der Waals surface area (Å²) in [7, 11) is 3.31. The summed E-state index contributed by atoms with van der Waals surface area (Å²) in [5, 5.41) is 2.91. The molecule has 1 amide bonds. The lowest BCUT2D eigenvalue weighted by molar-refractivity contribution is -0.124. The minimum atomic E-state index is -0.602. The first-order chi connectivity index (χ1) is 9.40. The summed E-state index contributed by atoms with van der Waals surface area (Å²) in [4.78, 5) is 14.2. The Balaban J connectivity index is 2.39. The fourth-order valence-electron chi connectivity index (χ4n) is 2.50. The quantitative estimate of drug-likeness (QED) is 0.687. The Morgan fingerprint density at radius 2 is 2.00 bits per heavy atom. The first kappa shape index (κ1) is 17.4. The number of hydrogen-bond acceptors (Lipinski definition) is 5. The summed E-state index contributed by atoms with van der Waals surface area (Å²) in [6.07, 6.45) is 2.44. The standard InChI is InChI=1S/C14H29N3O3/c1-14(2,10-16-13(18)12(15)9-19-3)17-7-5-11(20-4)6-8-17/h11-12H,5-10,15H2,1-4H3,(H,16,18). The molecule has 0 aromatic carbocycles. The highest BCUT2D eigenvalue weighted by Crippen LogP contribution is 2.21. The van der Waals surface area contributed by atoms with Crippen LogP contribution in [0.3, 0.4) is 0 Å². The number of nitrogens with one attached hydrogen (secondary N) is 1. The topological polar surface area (TPSA) is 76.8 Å². The lowest BCUT2D eigenvalue weighted by Crippen LogP contribution is -2.56. The monoisotopic (exact) mass is 287 g/mol. The number of likely N-dealkylation sites (tertiary alicyclic amines) is 1. The zero-order valence-electron chi connectivity index (χ0n) is 13.1. The summed E-state index contributed by atoms with van der Waals surface area (Å²) in [6.45, 7) is 7.09. The lowest BCUT2D eigenvalue weighted by Gasteiger charge is -2.42. The van der Waals surface area contributed by atoms with Gasteiger partial charge in [-0.1, -0.05) is 0 Å². The van der Waals surface area contributed by atoms with Crippen molar-refractivity contribution >= 4 is 5.91 Å². The number of carbonyl (C=O) groups is 1. The largest absolute Gasteiger partial charge is 0.383 e. The number of nitrogens with zero attached hydrogens (tertiary/aromatic N) is 1. The summed E-state index contributed by atoms with van der Waals surface area (Å²) in [6, 6.07) is -0.602. The van der Waals surface area contributed by atoms with E-state index in [1.54, 1.807) is 7.11 Å². The average molecular weight is 287 g/mol. The van der Waals surface area contributed by atoms with Gasteiger partial charge < -0.3 is 20.5 Å². The lowest BCUT2D eigenvalue weighted by atomic mass is 9.97. The summed E-state index contributed by atoms with van der Waals surface area (Å²) < 4.78 is 10.3.